The highest BCUT2D eigenvalue weighted by atomic mass is 19.1. The Hall–Kier alpha value is -1.68. The number of likely N-dealkylation sites (tertiary alicyclic amines) is 1. The highest BCUT2D eigenvalue weighted by molar-refractivity contribution is 5.21. The lowest BCUT2D eigenvalue weighted by Gasteiger charge is -2.17. The Morgan fingerprint density at radius 3 is 3.05 bits per heavy atom. The predicted octanol–water partition coefficient (Wildman–Crippen LogP) is 3.85. The van der Waals surface area contributed by atoms with Gasteiger partial charge >= 0.3 is 0 Å². The lowest BCUT2D eigenvalue weighted by molar-refractivity contribution is 0.289. The molecule has 1 aromatic heterocycles. The van der Waals surface area contributed by atoms with Crippen LogP contribution in [-0.2, 0) is 6.42 Å². The van der Waals surface area contributed by atoms with Gasteiger partial charge in [0.2, 0.25) is 0 Å². The number of aromatic nitrogens is 1. The van der Waals surface area contributed by atoms with Crippen LogP contribution in [0.4, 0.5) is 4.39 Å². The monoisotopic (exact) mass is 302 g/mol. The van der Waals surface area contributed by atoms with E-state index in [4.69, 9.17) is 4.42 Å². The molecular formula is C18H23FN2O. The molecule has 1 atom stereocenters. The molecule has 22 heavy (non-hydrogen) atoms. The fraction of sp³-hybridized carbons (Fsp3) is 0.500. The molecule has 1 aliphatic heterocycles. The van der Waals surface area contributed by atoms with Crippen LogP contribution in [0.3, 0.4) is 0 Å². The number of halogens is 1. The first kappa shape index (κ1) is 15.2. The molecule has 0 radical (unpaired) electrons. The van der Waals surface area contributed by atoms with Crippen LogP contribution in [0.25, 0.3) is 0 Å². The smallest absolute Gasteiger partial charge is 0.198 e. The first-order valence-electron chi connectivity index (χ1n) is 8.01. The summed E-state index contributed by atoms with van der Waals surface area (Å²) in [5.74, 6) is 2.50. The molecule has 1 aliphatic rings. The molecule has 1 fully saturated rings. The molecule has 3 rings (SSSR count). The van der Waals surface area contributed by atoms with E-state index in [9.17, 15) is 4.39 Å². The molecule has 4 heteroatoms. The fourth-order valence-corrected chi connectivity index (χ4v) is 3.16. The quantitative estimate of drug-likeness (QED) is 0.840. The van der Waals surface area contributed by atoms with Gasteiger partial charge in [-0.05, 0) is 36.6 Å². The van der Waals surface area contributed by atoms with E-state index in [0.717, 1.165) is 43.3 Å². The molecule has 3 nitrogen and oxygen atoms in total. The lowest BCUT2D eigenvalue weighted by Crippen LogP contribution is -2.24. The second-order valence-electron chi connectivity index (χ2n) is 6.61. The Labute approximate surface area is 131 Å². The Kier molecular flexibility index (Phi) is 4.57. The molecule has 0 spiro atoms. The van der Waals surface area contributed by atoms with E-state index in [1.165, 1.54) is 6.07 Å². The van der Waals surface area contributed by atoms with Crippen LogP contribution in [0, 0.1) is 11.7 Å². The van der Waals surface area contributed by atoms with Gasteiger partial charge in [0.15, 0.2) is 5.89 Å². The zero-order valence-electron chi connectivity index (χ0n) is 13.3. The summed E-state index contributed by atoms with van der Waals surface area (Å²) >= 11 is 0. The summed E-state index contributed by atoms with van der Waals surface area (Å²) in [5.41, 5.74) is 0.913. The summed E-state index contributed by atoms with van der Waals surface area (Å²) in [7, 11) is 0. The molecule has 0 aliphatic carbocycles. The van der Waals surface area contributed by atoms with Gasteiger partial charge in [-0.2, -0.15) is 0 Å². The van der Waals surface area contributed by atoms with E-state index in [1.54, 1.807) is 18.3 Å². The zero-order valence-corrected chi connectivity index (χ0v) is 13.3. The van der Waals surface area contributed by atoms with Crippen LogP contribution in [-0.4, -0.2) is 29.5 Å². The molecule has 1 unspecified atom stereocenters. The van der Waals surface area contributed by atoms with Crippen LogP contribution in [0.1, 0.15) is 43.4 Å². The summed E-state index contributed by atoms with van der Waals surface area (Å²) in [6, 6.07) is 6.63. The fourth-order valence-electron chi connectivity index (χ4n) is 3.16. The van der Waals surface area contributed by atoms with Gasteiger partial charge in [0.05, 0.1) is 6.20 Å². The van der Waals surface area contributed by atoms with Crippen molar-refractivity contribution in [2.45, 2.75) is 32.6 Å². The van der Waals surface area contributed by atoms with E-state index in [2.05, 4.69) is 23.7 Å². The molecule has 2 aromatic rings. The van der Waals surface area contributed by atoms with E-state index in [-0.39, 0.29) is 5.82 Å². The number of benzene rings is 1. The Morgan fingerprint density at radius 1 is 1.41 bits per heavy atom. The maximum Gasteiger partial charge on any atom is 0.198 e. The Balaban J connectivity index is 1.62. The van der Waals surface area contributed by atoms with Gasteiger partial charge in [-0.3, -0.25) is 0 Å². The summed E-state index contributed by atoms with van der Waals surface area (Å²) in [5, 5.41) is 0. The molecule has 0 bridgehead atoms. The topological polar surface area (TPSA) is 29.3 Å². The lowest BCUT2D eigenvalue weighted by atomic mass is 10.1. The van der Waals surface area contributed by atoms with E-state index in [1.807, 2.05) is 6.07 Å². The molecular weight excluding hydrogens is 279 g/mol. The highest BCUT2D eigenvalue weighted by Crippen LogP contribution is 2.27. The zero-order chi connectivity index (χ0) is 15.5. The average molecular weight is 302 g/mol. The summed E-state index contributed by atoms with van der Waals surface area (Å²) in [4.78, 5) is 6.92. The second kappa shape index (κ2) is 6.61. The van der Waals surface area contributed by atoms with Crippen LogP contribution in [0.15, 0.2) is 34.9 Å². The van der Waals surface area contributed by atoms with Crippen LogP contribution < -0.4 is 0 Å². The molecule has 2 heterocycles. The number of hydrogen-bond donors (Lipinski definition) is 0. The molecule has 0 amide bonds. The Morgan fingerprint density at radius 2 is 2.27 bits per heavy atom. The van der Waals surface area contributed by atoms with Crippen molar-refractivity contribution < 1.29 is 8.81 Å². The van der Waals surface area contributed by atoms with Crippen molar-refractivity contribution >= 4 is 0 Å². The maximum absolute atomic E-state index is 13.2. The minimum Gasteiger partial charge on any atom is -0.445 e. The van der Waals surface area contributed by atoms with Crippen molar-refractivity contribution in [2.75, 3.05) is 19.6 Å². The molecule has 1 saturated heterocycles. The van der Waals surface area contributed by atoms with Crippen molar-refractivity contribution in [3.05, 3.63) is 53.5 Å². The maximum atomic E-state index is 13.2. The summed E-state index contributed by atoms with van der Waals surface area (Å²) < 4.78 is 19.1. The van der Waals surface area contributed by atoms with Crippen molar-refractivity contribution in [3.63, 3.8) is 0 Å². The van der Waals surface area contributed by atoms with Gasteiger partial charge in [-0.15, -0.1) is 0 Å². The first-order chi connectivity index (χ1) is 10.6. The third-order valence-corrected chi connectivity index (χ3v) is 4.08. The van der Waals surface area contributed by atoms with Gasteiger partial charge < -0.3 is 9.32 Å². The van der Waals surface area contributed by atoms with Crippen LogP contribution in [0.5, 0.6) is 0 Å². The second-order valence-corrected chi connectivity index (χ2v) is 6.61. The minimum absolute atomic E-state index is 0.211. The SMILES string of the molecule is CC(C)CN1CCC(c2ncc(Cc3cccc(F)c3)o2)C1. The molecule has 0 saturated carbocycles. The average Bonchev–Trinajstić information content (AvgIpc) is 3.07. The first-order valence-corrected chi connectivity index (χ1v) is 8.01. The minimum atomic E-state index is -0.211. The van der Waals surface area contributed by atoms with Crippen molar-refractivity contribution in [1.29, 1.82) is 0 Å². The number of hydrogen-bond acceptors (Lipinski definition) is 3. The normalized spacial score (nSPS) is 19.2. The van der Waals surface area contributed by atoms with Crippen molar-refractivity contribution in [1.82, 2.24) is 9.88 Å². The van der Waals surface area contributed by atoms with Gasteiger partial charge in [0.1, 0.15) is 11.6 Å². The van der Waals surface area contributed by atoms with Crippen LogP contribution in [0.2, 0.25) is 0 Å². The third kappa shape index (κ3) is 3.74. The summed E-state index contributed by atoms with van der Waals surface area (Å²) in [6.45, 7) is 7.76. The summed E-state index contributed by atoms with van der Waals surface area (Å²) in [6.07, 6.45) is 3.48. The van der Waals surface area contributed by atoms with E-state index in [0.29, 0.717) is 18.3 Å². The highest BCUT2D eigenvalue weighted by Gasteiger charge is 2.27. The number of nitrogens with zero attached hydrogens (tertiary/aromatic N) is 2. The van der Waals surface area contributed by atoms with Crippen molar-refractivity contribution in [2.24, 2.45) is 5.92 Å². The van der Waals surface area contributed by atoms with Crippen LogP contribution >= 0.6 is 0 Å². The third-order valence-electron chi connectivity index (χ3n) is 4.08. The van der Waals surface area contributed by atoms with E-state index >= 15 is 0 Å². The number of rotatable bonds is 5. The van der Waals surface area contributed by atoms with Crippen molar-refractivity contribution in [3.8, 4) is 0 Å². The molecule has 118 valence electrons. The van der Waals surface area contributed by atoms with Gasteiger partial charge in [0, 0.05) is 25.4 Å². The molecule has 0 N–H and O–H groups in total. The Bertz CT molecular complexity index is 623. The van der Waals surface area contributed by atoms with Gasteiger partial charge in [-0.1, -0.05) is 26.0 Å². The standard InChI is InChI=1S/C18H23FN2O/c1-13(2)11-21-7-6-15(12-21)18-20-10-17(22-18)9-14-4-3-5-16(19)8-14/h3-5,8,10,13,15H,6-7,9,11-12H2,1-2H3. The number of oxazole rings is 1. The molecule has 1 aromatic carbocycles. The van der Waals surface area contributed by atoms with Gasteiger partial charge in [-0.25, -0.2) is 9.37 Å². The largest absolute Gasteiger partial charge is 0.445 e. The van der Waals surface area contributed by atoms with E-state index < -0.39 is 0 Å². The van der Waals surface area contributed by atoms with Gasteiger partial charge in [0.25, 0.3) is 0 Å². The predicted molar refractivity (Wildman–Crippen MR) is 84.3 cm³/mol.